The second kappa shape index (κ2) is 7.79. The Morgan fingerprint density at radius 2 is 1.55 bits per heavy atom. The molecule has 0 aromatic heterocycles. The molecular formula is C20H25NO. The highest BCUT2D eigenvalue weighted by molar-refractivity contribution is 5.79. The smallest absolute Gasteiger partial charge is 0.224 e. The molecule has 0 fully saturated rings. The largest absolute Gasteiger partial charge is 0.349 e. The molecule has 2 heteroatoms. The van der Waals surface area contributed by atoms with Crippen molar-refractivity contribution in [3.8, 4) is 0 Å². The molecule has 0 aliphatic heterocycles. The van der Waals surface area contributed by atoms with Crippen LogP contribution < -0.4 is 5.32 Å². The Morgan fingerprint density at radius 3 is 2.09 bits per heavy atom. The van der Waals surface area contributed by atoms with Crippen molar-refractivity contribution in [2.75, 3.05) is 0 Å². The number of hydrogen-bond acceptors (Lipinski definition) is 1. The van der Waals surface area contributed by atoms with Crippen LogP contribution in [0, 0.1) is 6.92 Å². The van der Waals surface area contributed by atoms with Crippen molar-refractivity contribution in [1.82, 2.24) is 5.32 Å². The normalized spacial score (nSPS) is 12.0. The summed E-state index contributed by atoms with van der Waals surface area (Å²) < 4.78 is 0. The fraction of sp³-hybridized carbons (Fsp3) is 0.350. The Hall–Kier alpha value is -2.09. The molecule has 1 unspecified atom stereocenters. The predicted octanol–water partition coefficient (Wildman–Crippen LogP) is 4.37. The molecule has 0 aliphatic rings. The highest BCUT2D eigenvalue weighted by atomic mass is 16.1. The lowest BCUT2D eigenvalue weighted by molar-refractivity contribution is -0.121. The van der Waals surface area contributed by atoms with E-state index in [-0.39, 0.29) is 11.9 Å². The average molecular weight is 295 g/mol. The zero-order chi connectivity index (χ0) is 15.9. The number of rotatable bonds is 6. The van der Waals surface area contributed by atoms with Crippen molar-refractivity contribution in [2.45, 2.75) is 46.1 Å². The molecule has 0 bridgehead atoms. The van der Waals surface area contributed by atoms with E-state index in [1.165, 1.54) is 16.7 Å². The van der Waals surface area contributed by atoms with Gasteiger partial charge in [0, 0.05) is 0 Å². The molecule has 0 spiro atoms. The summed E-state index contributed by atoms with van der Waals surface area (Å²) >= 11 is 0. The molecule has 0 saturated heterocycles. The van der Waals surface area contributed by atoms with Gasteiger partial charge in [-0.2, -0.15) is 0 Å². The van der Waals surface area contributed by atoms with Gasteiger partial charge in [0.15, 0.2) is 0 Å². The van der Waals surface area contributed by atoms with Gasteiger partial charge in [0.2, 0.25) is 5.91 Å². The second-order valence-corrected chi connectivity index (χ2v) is 5.79. The molecule has 2 nitrogen and oxygen atoms in total. The zero-order valence-corrected chi connectivity index (χ0v) is 13.7. The monoisotopic (exact) mass is 295 g/mol. The van der Waals surface area contributed by atoms with Crippen LogP contribution in [0.15, 0.2) is 48.5 Å². The maximum atomic E-state index is 12.3. The van der Waals surface area contributed by atoms with E-state index in [1.807, 2.05) is 12.1 Å². The number of carbonyl (C=O) groups excluding carboxylic acids is 1. The first-order valence-corrected chi connectivity index (χ1v) is 8.06. The second-order valence-electron chi connectivity index (χ2n) is 5.79. The van der Waals surface area contributed by atoms with Gasteiger partial charge >= 0.3 is 0 Å². The number of aryl methyl sites for hydroxylation is 2. The summed E-state index contributed by atoms with van der Waals surface area (Å²) in [7, 11) is 0. The first-order valence-electron chi connectivity index (χ1n) is 8.06. The molecule has 0 heterocycles. The van der Waals surface area contributed by atoms with Gasteiger partial charge in [-0.1, -0.05) is 67.9 Å². The maximum Gasteiger partial charge on any atom is 0.224 e. The van der Waals surface area contributed by atoms with Gasteiger partial charge in [0.25, 0.3) is 0 Å². The Bertz CT molecular complexity index is 599. The quantitative estimate of drug-likeness (QED) is 0.842. The van der Waals surface area contributed by atoms with Crippen molar-refractivity contribution in [3.05, 3.63) is 70.8 Å². The molecule has 0 aliphatic carbocycles. The molecule has 2 aromatic rings. The highest BCUT2D eigenvalue weighted by Gasteiger charge is 2.12. The van der Waals surface area contributed by atoms with Crippen molar-refractivity contribution in [1.29, 1.82) is 0 Å². The lowest BCUT2D eigenvalue weighted by Crippen LogP contribution is -2.29. The third-order valence-corrected chi connectivity index (χ3v) is 4.02. The summed E-state index contributed by atoms with van der Waals surface area (Å²) in [6.45, 7) is 6.30. The van der Waals surface area contributed by atoms with Crippen LogP contribution in [0.1, 0.15) is 48.6 Å². The Balaban J connectivity index is 1.98. The van der Waals surface area contributed by atoms with E-state index >= 15 is 0 Å². The zero-order valence-electron chi connectivity index (χ0n) is 13.7. The van der Waals surface area contributed by atoms with Crippen LogP contribution in [0.4, 0.5) is 0 Å². The van der Waals surface area contributed by atoms with Crippen LogP contribution in [-0.4, -0.2) is 5.91 Å². The van der Waals surface area contributed by atoms with E-state index in [2.05, 4.69) is 62.5 Å². The molecule has 1 amide bonds. The van der Waals surface area contributed by atoms with Crippen molar-refractivity contribution in [3.63, 3.8) is 0 Å². The number of amides is 1. The maximum absolute atomic E-state index is 12.3. The summed E-state index contributed by atoms with van der Waals surface area (Å²) in [5, 5.41) is 3.14. The van der Waals surface area contributed by atoms with Crippen molar-refractivity contribution in [2.24, 2.45) is 0 Å². The standard InChI is InChI=1S/C20H25NO/c1-4-16-8-10-17(11-9-16)14-20(22)21-19(5-2)18-12-6-15(3)7-13-18/h6-13,19H,4-5,14H2,1-3H3,(H,21,22). The minimum absolute atomic E-state index is 0.0803. The fourth-order valence-corrected chi connectivity index (χ4v) is 2.54. The van der Waals surface area contributed by atoms with Crippen LogP contribution in [-0.2, 0) is 17.6 Å². The highest BCUT2D eigenvalue weighted by Crippen LogP contribution is 2.17. The molecule has 22 heavy (non-hydrogen) atoms. The minimum atomic E-state index is 0.0803. The number of benzene rings is 2. The SMILES string of the molecule is CCc1ccc(CC(=O)NC(CC)c2ccc(C)cc2)cc1. The summed E-state index contributed by atoms with van der Waals surface area (Å²) in [6, 6.07) is 16.7. The number of carbonyl (C=O) groups is 1. The van der Waals surface area contributed by atoms with E-state index in [0.717, 1.165) is 18.4 Å². The molecule has 2 rings (SSSR count). The summed E-state index contributed by atoms with van der Waals surface area (Å²) in [6.07, 6.45) is 2.35. The average Bonchev–Trinajstić information content (AvgIpc) is 2.54. The Morgan fingerprint density at radius 1 is 0.955 bits per heavy atom. The molecule has 1 atom stereocenters. The third-order valence-electron chi connectivity index (χ3n) is 4.02. The van der Waals surface area contributed by atoms with E-state index in [4.69, 9.17) is 0 Å². The molecule has 2 aromatic carbocycles. The number of nitrogens with one attached hydrogen (secondary N) is 1. The van der Waals surface area contributed by atoms with Crippen LogP contribution in [0.5, 0.6) is 0 Å². The van der Waals surface area contributed by atoms with Gasteiger partial charge in [-0.25, -0.2) is 0 Å². The topological polar surface area (TPSA) is 29.1 Å². The van der Waals surface area contributed by atoms with Gasteiger partial charge < -0.3 is 5.32 Å². The Kier molecular flexibility index (Phi) is 5.76. The van der Waals surface area contributed by atoms with E-state index in [9.17, 15) is 4.79 Å². The van der Waals surface area contributed by atoms with Gasteiger partial charge in [0.1, 0.15) is 0 Å². The minimum Gasteiger partial charge on any atom is -0.349 e. The van der Waals surface area contributed by atoms with Crippen molar-refractivity contribution < 1.29 is 4.79 Å². The van der Waals surface area contributed by atoms with E-state index < -0.39 is 0 Å². The van der Waals surface area contributed by atoms with Gasteiger partial charge in [-0.15, -0.1) is 0 Å². The van der Waals surface area contributed by atoms with E-state index in [1.54, 1.807) is 0 Å². The summed E-state index contributed by atoms with van der Waals surface area (Å²) in [5.74, 6) is 0.0803. The lowest BCUT2D eigenvalue weighted by Gasteiger charge is -2.18. The molecular weight excluding hydrogens is 270 g/mol. The van der Waals surface area contributed by atoms with Crippen molar-refractivity contribution >= 4 is 5.91 Å². The van der Waals surface area contributed by atoms with Crippen LogP contribution in [0.25, 0.3) is 0 Å². The molecule has 0 radical (unpaired) electrons. The van der Waals surface area contributed by atoms with Crippen LogP contribution in [0.2, 0.25) is 0 Å². The Labute approximate surface area is 133 Å². The number of hydrogen-bond donors (Lipinski definition) is 1. The fourth-order valence-electron chi connectivity index (χ4n) is 2.54. The summed E-state index contributed by atoms with van der Waals surface area (Å²) in [4.78, 5) is 12.3. The predicted molar refractivity (Wildman–Crippen MR) is 91.9 cm³/mol. The third kappa shape index (κ3) is 4.45. The molecule has 1 N–H and O–H groups in total. The first-order chi connectivity index (χ1) is 10.6. The van der Waals surface area contributed by atoms with Crippen LogP contribution >= 0.6 is 0 Å². The van der Waals surface area contributed by atoms with E-state index in [0.29, 0.717) is 6.42 Å². The summed E-state index contributed by atoms with van der Waals surface area (Å²) in [5.41, 5.74) is 4.77. The molecule has 116 valence electrons. The van der Waals surface area contributed by atoms with Gasteiger partial charge in [-0.05, 0) is 36.5 Å². The molecule has 0 saturated carbocycles. The van der Waals surface area contributed by atoms with Gasteiger partial charge in [-0.3, -0.25) is 4.79 Å². The first kappa shape index (κ1) is 16.3. The van der Waals surface area contributed by atoms with Crippen LogP contribution in [0.3, 0.4) is 0 Å². The lowest BCUT2D eigenvalue weighted by atomic mass is 10.0. The van der Waals surface area contributed by atoms with Gasteiger partial charge in [0.05, 0.1) is 12.5 Å².